The van der Waals surface area contributed by atoms with Crippen molar-refractivity contribution >= 4 is 11.9 Å². The van der Waals surface area contributed by atoms with E-state index in [-0.39, 0.29) is 18.4 Å². The minimum atomic E-state index is -5.16. The van der Waals surface area contributed by atoms with Gasteiger partial charge in [-0.05, 0) is 30.5 Å². The third-order valence-electron chi connectivity index (χ3n) is 3.40. The lowest BCUT2D eigenvalue weighted by molar-refractivity contribution is -0.190. The Labute approximate surface area is 117 Å². The van der Waals surface area contributed by atoms with Gasteiger partial charge >= 0.3 is 18.1 Å². The van der Waals surface area contributed by atoms with Gasteiger partial charge in [-0.2, -0.15) is 13.2 Å². The smallest absolute Gasteiger partial charge is 0.471 e. The summed E-state index contributed by atoms with van der Waals surface area (Å²) >= 11 is 0. The molecule has 1 saturated heterocycles. The van der Waals surface area contributed by atoms with Gasteiger partial charge in [-0.25, -0.2) is 9.18 Å². The molecule has 2 rings (SSSR count). The summed E-state index contributed by atoms with van der Waals surface area (Å²) in [5.74, 6) is -4.25. The molecule has 1 N–H and O–H groups in total. The Balaban J connectivity index is 2.38. The van der Waals surface area contributed by atoms with E-state index in [1.54, 1.807) is 0 Å². The minimum absolute atomic E-state index is 0.0738. The summed E-state index contributed by atoms with van der Waals surface area (Å²) in [6, 6.07) is 2.05. The van der Waals surface area contributed by atoms with Crippen molar-refractivity contribution in [2.45, 2.75) is 31.1 Å². The number of carboxylic acids is 1. The number of benzene rings is 1. The van der Waals surface area contributed by atoms with Crippen molar-refractivity contribution in [3.63, 3.8) is 0 Å². The Kier molecular flexibility index (Phi) is 3.89. The molecule has 2 atom stereocenters. The molecule has 1 aliphatic heterocycles. The van der Waals surface area contributed by atoms with Gasteiger partial charge in [0.2, 0.25) is 0 Å². The van der Waals surface area contributed by atoms with Gasteiger partial charge in [0, 0.05) is 0 Å². The number of hydrogen-bond donors (Lipinski definition) is 1. The van der Waals surface area contributed by atoms with Crippen LogP contribution in [0.2, 0.25) is 0 Å². The number of aliphatic carboxylic acids is 1. The fourth-order valence-electron chi connectivity index (χ4n) is 2.50. The largest absolute Gasteiger partial charge is 0.480 e. The standard InChI is InChI=1S/C13H11F4NO3/c14-8-3-1-7(2-4-8)9-5-6-10(11(19)20)18(9)12(21)13(15,16)17/h1-4,9-10H,5-6H2,(H,19,20)/t9-,10-/m0/s1. The van der Waals surface area contributed by atoms with E-state index in [2.05, 4.69) is 0 Å². The summed E-state index contributed by atoms with van der Waals surface area (Å²) in [4.78, 5) is 22.9. The summed E-state index contributed by atoms with van der Waals surface area (Å²) in [7, 11) is 0. The molecule has 1 heterocycles. The first-order valence-electron chi connectivity index (χ1n) is 6.09. The first-order valence-corrected chi connectivity index (χ1v) is 6.09. The van der Waals surface area contributed by atoms with Crippen LogP contribution in [0.5, 0.6) is 0 Å². The highest BCUT2D eigenvalue weighted by molar-refractivity contribution is 5.88. The lowest BCUT2D eigenvalue weighted by atomic mass is 10.0. The van der Waals surface area contributed by atoms with Gasteiger partial charge in [-0.15, -0.1) is 0 Å². The number of carboxylic acid groups (broad SMARTS) is 1. The minimum Gasteiger partial charge on any atom is -0.480 e. The van der Waals surface area contributed by atoms with E-state index < -0.39 is 36.0 Å². The first kappa shape index (κ1) is 15.3. The van der Waals surface area contributed by atoms with Crippen LogP contribution < -0.4 is 0 Å². The molecule has 1 aliphatic rings. The zero-order valence-corrected chi connectivity index (χ0v) is 10.6. The zero-order chi connectivity index (χ0) is 15.8. The predicted molar refractivity (Wildman–Crippen MR) is 62.7 cm³/mol. The van der Waals surface area contributed by atoms with Crippen LogP contribution in [-0.4, -0.2) is 34.1 Å². The lowest BCUT2D eigenvalue weighted by Crippen LogP contribution is -2.47. The van der Waals surface area contributed by atoms with E-state index in [0.717, 1.165) is 12.1 Å². The number of amides is 1. The van der Waals surface area contributed by atoms with Crippen molar-refractivity contribution < 1.29 is 32.3 Å². The summed E-state index contributed by atoms with van der Waals surface area (Å²) in [6.45, 7) is 0. The maximum atomic E-state index is 12.9. The van der Waals surface area contributed by atoms with Gasteiger partial charge in [0.25, 0.3) is 0 Å². The quantitative estimate of drug-likeness (QED) is 0.854. The van der Waals surface area contributed by atoms with Crippen LogP contribution in [0.3, 0.4) is 0 Å². The van der Waals surface area contributed by atoms with Crippen molar-refractivity contribution in [1.29, 1.82) is 0 Å². The topological polar surface area (TPSA) is 57.6 Å². The van der Waals surface area contributed by atoms with E-state index in [4.69, 9.17) is 5.11 Å². The molecule has 1 fully saturated rings. The molecule has 21 heavy (non-hydrogen) atoms. The Morgan fingerprint density at radius 2 is 1.71 bits per heavy atom. The normalized spacial score (nSPS) is 22.4. The molecule has 0 spiro atoms. The molecule has 1 amide bonds. The molecule has 1 aromatic rings. The molecule has 0 bridgehead atoms. The fourth-order valence-corrected chi connectivity index (χ4v) is 2.50. The number of alkyl halides is 3. The lowest BCUT2D eigenvalue weighted by Gasteiger charge is -2.29. The highest BCUT2D eigenvalue weighted by atomic mass is 19.4. The highest BCUT2D eigenvalue weighted by Gasteiger charge is 2.51. The maximum Gasteiger partial charge on any atom is 0.471 e. The van der Waals surface area contributed by atoms with Crippen molar-refractivity contribution in [3.8, 4) is 0 Å². The number of rotatable bonds is 2. The molecular formula is C13H11F4NO3. The summed E-state index contributed by atoms with van der Waals surface area (Å²) in [5, 5.41) is 8.99. The molecule has 4 nitrogen and oxygen atoms in total. The van der Waals surface area contributed by atoms with Crippen molar-refractivity contribution in [2.75, 3.05) is 0 Å². The van der Waals surface area contributed by atoms with Crippen LogP contribution >= 0.6 is 0 Å². The van der Waals surface area contributed by atoms with Crippen LogP contribution in [0.4, 0.5) is 17.6 Å². The monoisotopic (exact) mass is 305 g/mol. The van der Waals surface area contributed by atoms with E-state index in [1.807, 2.05) is 0 Å². The maximum absolute atomic E-state index is 12.9. The summed E-state index contributed by atoms with van der Waals surface area (Å²) in [6.07, 6.45) is -5.17. The van der Waals surface area contributed by atoms with Crippen molar-refractivity contribution in [2.24, 2.45) is 0 Å². The molecule has 0 aromatic heterocycles. The second-order valence-electron chi connectivity index (χ2n) is 4.71. The van der Waals surface area contributed by atoms with Gasteiger partial charge in [0.05, 0.1) is 6.04 Å². The van der Waals surface area contributed by atoms with Crippen LogP contribution in [0.25, 0.3) is 0 Å². The third-order valence-corrected chi connectivity index (χ3v) is 3.40. The van der Waals surface area contributed by atoms with Gasteiger partial charge in [-0.1, -0.05) is 12.1 Å². The van der Waals surface area contributed by atoms with Gasteiger partial charge < -0.3 is 10.0 Å². The first-order chi connectivity index (χ1) is 9.71. The number of likely N-dealkylation sites (tertiary alicyclic amines) is 1. The molecular weight excluding hydrogens is 294 g/mol. The average molecular weight is 305 g/mol. The van der Waals surface area contributed by atoms with Crippen molar-refractivity contribution in [1.82, 2.24) is 4.90 Å². The van der Waals surface area contributed by atoms with E-state index in [0.29, 0.717) is 4.90 Å². The highest BCUT2D eigenvalue weighted by Crippen LogP contribution is 2.39. The fraction of sp³-hybridized carbons (Fsp3) is 0.385. The molecule has 1 aromatic carbocycles. The summed E-state index contributed by atoms with van der Waals surface area (Å²) < 4.78 is 50.8. The third kappa shape index (κ3) is 2.98. The van der Waals surface area contributed by atoms with Crippen LogP contribution in [0.1, 0.15) is 24.4 Å². The van der Waals surface area contributed by atoms with Crippen LogP contribution in [0, 0.1) is 5.82 Å². The van der Waals surface area contributed by atoms with E-state index in [1.165, 1.54) is 12.1 Å². The zero-order valence-electron chi connectivity index (χ0n) is 10.6. The second-order valence-corrected chi connectivity index (χ2v) is 4.71. The Bertz CT molecular complexity index is 556. The number of hydrogen-bond acceptors (Lipinski definition) is 2. The van der Waals surface area contributed by atoms with E-state index in [9.17, 15) is 27.2 Å². The van der Waals surface area contributed by atoms with Gasteiger partial charge in [0.15, 0.2) is 0 Å². The predicted octanol–water partition coefficient (Wildman–Crippen LogP) is 2.50. The number of halogens is 4. The van der Waals surface area contributed by atoms with Gasteiger partial charge in [-0.3, -0.25) is 4.79 Å². The number of nitrogens with zero attached hydrogens (tertiary/aromatic N) is 1. The summed E-state index contributed by atoms with van der Waals surface area (Å²) in [5.41, 5.74) is 0.276. The number of carbonyl (C=O) groups is 2. The molecule has 0 unspecified atom stereocenters. The van der Waals surface area contributed by atoms with Gasteiger partial charge in [0.1, 0.15) is 11.9 Å². The Morgan fingerprint density at radius 3 is 2.19 bits per heavy atom. The average Bonchev–Trinajstić information content (AvgIpc) is 2.82. The molecule has 0 aliphatic carbocycles. The number of carbonyl (C=O) groups excluding carboxylic acids is 1. The molecule has 0 radical (unpaired) electrons. The Morgan fingerprint density at radius 1 is 1.14 bits per heavy atom. The molecule has 114 valence electrons. The van der Waals surface area contributed by atoms with Crippen LogP contribution in [-0.2, 0) is 9.59 Å². The Hall–Kier alpha value is -2.12. The second kappa shape index (κ2) is 5.34. The molecule has 8 heteroatoms. The SMILES string of the molecule is O=C(O)[C@@H]1CC[C@@H](c2ccc(F)cc2)N1C(=O)C(F)(F)F. The van der Waals surface area contributed by atoms with E-state index >= 15 is 0 Å². The van der Waals surface area contributed by atoms with Crippen LogP contribution in [0.15, 0.2) is 24.3 Å². The van der Waals surface area contributed by atoms with Crippen molar-refractivity contribution in [3.05, 3.63) is 35.6 Å². The molecule has 0 saturated carbocycles.